The molecule has 0 N–H and O–H groups in total. The Hall–Kier alpha value is -1.72. The zero-order valence-corrected chi connectivity index (χ0v) is 11.5. The minimum absolute atomic E-state index is 0.124. The van der Waals surface area contributed by atoms with Gasteiger partial charge in [-0.05, 0) is 12.1 Å². The molecule has 0 aliphatic carbocycles. The average Bonchev–Trinajstić information content (AvgIpc) is 2.90. The third-order valence-electron chi connectivity index (χ3n) is 2.78. The van der Waals surface area contributed by atoms with Gasteiger partial charge in [0.25, 0.3) is 5.56 Å². The van der Waals surface area contributed by atoms with E-state index in [9.17, 15) is 4.79 Å². The van der Waals surface area contributed by atoms with Crippen LogP contribution in [0.15, 0.2) is 40.6 Å². The predicted molar refractivity (Wildman–Crippen MR) is 76.8 cm³/mol. The molecule has 0 fully saturated rings. The summed E-state index contributed by atoms with van der Waals surface area (Å²) >= 11 is 7.25. The van der Waals surface area contributed by atoms with Gasteiger partial charge < -0.3 is 0 Å². The number of para-hydroxylation sites is 2. The standard InChI is InChI=1S/C13H10ClN3OS/c14-5-9-8-19-12(16-9)7-17-11-4-2-1-3-10(11)15-6-13(17)18/h1-4,6,8H,5,7H2. The van der Waals surface area contributed by atoms with Crippen LogP contribution in [0.3, 0.4) is 0 Å². The SMILES string of the molecule is O=c1cnc2ccccc2n1Cc1nc(CCl)cs1. The summed E-state index contributed by atoms with van der Waals surface area (Å²) in [5.41, 5.74) is 2.34. The fourth-order valence-corrected chi connectivity index (χ4v) is 2.91. The molecule has 0 radical (unpaired) electrons. The first-order chi connectivity index (χ1) is 9.28. The van der Waals surface area contributed by atoms with E-state index in [1.165, 1.54) is 17.5 Å². The number of alkyl halides is 1. The number of hydrogen-bond donors (Lipinski definition) is 0. The van der Waals surface area contributed by atoms with Crippen LogP contribution in [0.25, 0.3) is 11.0 Å². The normalized spacial score (nSPS) is 11.0. The van der Waals surface area contributed by atoms with Crippen molar-refractivity contribution in [3.63, 3.8) is 0 Å². The number of hydrogen-bond acceptors (Lipinski definition) is 4. The van der Waals surface area contributed by atoms with Crippen molar-refractivity contribution >= 4 is 34.0 Å². The molecular formula is C13H10ClN3OS. The fraction of sp³-hybridized carbons (Fsp3) is 0.154. The summed E-state index contributed by atoms with van der Waals surface area (Å²) in [6.07, 6.45) is 1.35. The number of aromatic nitrogens is 3. The van der Waals surface area contributed by atoms with Crippen LogP contribution >= 0.6 is 22.9 Å². The lowest BCUT2D eigenvalue weighted by Gasteiger charge is -2.07. The molecule has 2 heterocycles. The zero-order chi connectivity index (χ0) is 13.2. The lowest BCUT2D eigenvalue weighted by molar-refractivity contribution is 0.778. The monoisotopic (exact) mass is 291 g/mol. The second kappa shape index (κ2) is 5.11. The molecule has 19 heavy (non-hydrogen) atoms. The van der Waals surface area contributed by atoms with Crippen molar-refractivity contribution in [3.05, 3.63) is 56.9 Å². The molecule has 3 rings (SSSR count). The maximum atomic E-state index is 12.0. The molecule has 0 unspecified atom stereocenters. The Morgan fingerprint density at radius 2 is 2.16 bits per heavy atom. The summed E-state index contributed by atoms with van der Waals surface area (Å²) in [5.74, 6) is 0.391. The van der Waals surface area contributed by atoms with Crippen LogP contribution in [0.1, 0.15) is 10.7 Å². The van der Waals surface area contributed by atoms with E-state index in [4.69, 9.17) is 11.6 Å². The Kier molecular flexibility index (Phi) is 3.31. The maximum absolute atomic E-state index is 12.0. The first-order valence-corrected chi connectivity index (χ1v) is 7.13. The van der Waals surface area contributed by atoms with E-state index in [1.54, 1.807) is 4.57 Å². The fourth-order valence-electron chi connectivity index (χ4n) is 1.90. The lowest BCUT2D eigenvalue weighted by Crippen LogP contribution is -2.20. The maximum Gasteiger partial charge on any atom is 0.269 e. The van der Waals surface area contributed by atoms with Gasteiger partial charge in [-0.25, -0.2) is 9.97 Å². The van der Waals surface area contributed by atoms with Crippen LogP contribution in [-0.4, -0.2) is 14.5 Å². The van der Waals surface area contributed by atoms with Crippen molar-refractivity contribution in [1.82, 2.24) is 14.5 Å². The summed E-state index contributed by atoms with van der Waals surface area (Å²) < 4.78 is 1.68. The van der Waals surface area contributed by atoms with Crippen LogP contribution in [-0.2, 0) is 12.4 Å². The molecule has 0 bridgehead atoms. The molecule has 0 saturated heterocycles. The van der Waals surface area contributed by atoms with E-state index >= 15 is 0 Å². The summed E-state index contributed by atoms with van der Waals surface area (Å²) in [7, 11) is 0. The Balaban J connectivity index is 2.09. The largest absolute Gasteiger partial charge is 0.299 e. The Labute approximate surface area is 118 Å². The van der Waals surface area contributed by atoms with Gasteiger partial charge in [-0.15, -0.1) is 22.9 Å². The molecule has 0 amide bonds. The van der Waals surface area contributed by atoms with Crippen molar-refractivity contribution in [1.29, 1.82) is 0 Å². The highest BCUT2D eigenvalue weighted by Gasteiger charge is 2.07. The van der Waals surface area contributed by atoms with Gasteiger partial charge in [-0.3, -0.25) is 9.36 Å². The Bertz CT molecular complexity index is 781. The summed E-state index contributed by atoms with van der Waals surface area (Å²) in [5, 5.41) is 2.78. The van der Waals surface area contributed by atoms with E-state index in [0.717, 1.165) is 21.7 Å². The number of thiazole rings is 1. The third kappa shape index (κ3) is 2.39. The molecule has 0 spiro atoms. The van der Waals surface area contributed by atoms with Gasteiger partial charge in [0.15, 0.2) is 0 Å². The molecular weight excluding hydrogens is 282 g/mol. The number of nitrogens with zero attached hydrogens (tertiary/aromatic N) is 3. The second-order valence-electron chi connectivity index (χ2n) is 4.04. The molecule has 0 aliphatic heterocycles. The van der Waals surface area contributed by atoms with Crippen LogP contribution in [0, 0.1) is 0 Å². The van der Waals surface area contributed by atoms with Gasteiger partial charge in [0.2, 0.25) is 0 Å². The molecule has 2 aromatic heterocycles. The second-order valence-corrected chi connectivity index (χ2v) is 5.25. The van der Waals surface area contributed by atoms with E-state index in [1.807, 2.05) is 29.6 Å². The number of rotatable bonds is 3. The molecule has 0 atom stereocenters. The van der Waals surface area contributed by atoms with Gasteiger partial charge in [0.1, 0.15) is 5.01 Å². The third-order valence-corrected chi connectivity index (χ3v) is 3.94. The highest BCUT2D eigenvalue weighted by atomic mass is 35.5. The van der Waals surface area contributed by atoms with Crippen LogP contribution < -0.4 is 5.56 Å². The van der Waals surface area contributed by atoms with Crippen molar-refractivity contribution in [2.24, 2.45) is 0 Å². The predicted octanol–water partition coefficient (Wildman–Crippen LogP) is 2.64. The number of halogens is 1. The van der Waals surface area contributed by atoms with Crippen molar-refractivity contribution in [2.75, 3.05) is 0 Å². The first kappa shape index (κ1) is 12.3. The van der Waals surface area contributed by atoms with E-state index in [2.05, 4.69) is 9.97 Å². The average molecular weight is 292 g/mol. The Morgan fingerprint density at radius 3 is 2.95 bits per heavy atom. The topological polar surface area (TPSA) is 47.8 Å². The Morgan fingerprint density at radius 1 is 1.32 bits per heavy atom. The summed E-state index contributed by atoms with van der Waals surface area (Å²) in [6.45, 7) is 0.448. The van der Waals surface area contributed by atoms with Crippen LogP contribution in [0.5, 0.6) is 0 Å². The van der Waals surface area contributed by atoms with Gasteiger partial charge in [0, 0.05) is 5.38 Å². The molecule has 0 saturated carbocycles. The van der Waals surface area contributed by atoms with Crippen molar-refractivity contribution < 1.29 is 0 Å². The smallest absolute Gasteiger partial charge is 0.269 e. The molecule has 3 aromatic rings. The van der Waals surface area contributed by atoms with Crippen LogP contribution in [0.4, 0.5) is 0 Å². The van der Waals surface area contributed by atoms with Gasteiger partial charge >= 0.3 is 0 Å². The molecule has 0 aliphatic rings. The van der Waals surface area contributed by atoms with Crippen molar-refractivity contribution in [2.45, 2.75) is 12.4 Å². The molecule has 96 valence electrons. The summed E-state index contributed by atoms with van der Waals surface area (Å²) in [6, 6.07) is 7.57. The van der Waals surface area contributed by atoms with Gasteiger partial charge in [-0.1, -0.05) is 12.1 Å². The molecule has 4 nitrogen and oxygen atoms in total. The number of benzene rings is 1. The minimum atomic E-state index is -0.124. The van der Waals surface area contributed by atoms with Crippen LogP contribution in [0.2, 0.25) is 0 Å². The highest BCUT2D eigenvalue weighted by molar-refractivity contribution is 7.09. The zero-order valence-electron chi connectivity index (χ0n) is 9.91. The van der Waals surface area contributed by atoms with E-state index in [-0.39, 0.29) is 5.56 Å². The van der Waals surface area contributed by atoms with Gasteiger partial charge in [-0.2, -0.15) is 0 Å². The lowest BCUT2D eigenvalue weighted by atomic mass is 10.3. The van der Waals surface area contributed by atoms with E-state index in [0.29, 0.717) is 12.4 Å². The van der Waals surface area contributed by atoms with Gasteiger partial charge in [0.05, 0.1) is 35.3 Å². The molecule has 1 aromatic carbocycles. The van der Waals surface area contributed by atoms with Crippen molar-refractivity contribution in [3.8, 4) is 0 Å². The number of fused-ring (bicyclic) bond motifs is 1. The first-order valence-electron chi connectivity index (χ1n) is 5.72. The van der Waals surface area contributed by atoms with E-state index < -0.39 is 0 Å². The highest BCUT2D eigenvalue weighted by Crippen LogP contribution is 2.15. The quantitative estimate of drug-likeness (QED) is 0.697. The molecule has 6 heteroatoms. The summed E-state index contributed by atoms with van der Waals surface area (Å²) in [4.78, 5) is 20.5. The minimum Gasteiger partial charge on any atom is -0.299 e.